The van der Waals surface area contributed by atoms with Crippen LogP contribution in [0.3, 0.4) is 0 Å². The van der Waals surface area contributed by atoms with Crippen LogP contribution in [0, 0.1) is 5.82 Å². The van der Waals surface area contributed by atoms with Crippen molar-refractivity contribution >= 4 is 17.5 Å². The van der Waals surface area contributed by atoms with Gasteiger partial charge in [-0.05, 0) is 12.1 Å². The van der Waals surface area contributed by atoms with Gasteiger partial charge in [0.2, 0.25) is 0 Å². The van der Waals surface area contributed by atoms with E-state index in [4.69, 9.17) is 9.68 Å². The van der Waals surface area contributed by atoms with Crippen molar-refractivity contribution < 1.29 is 23.7 Å². The molecule has 2 N–H and O–H groups in total. The number of halogens is 1. The van der Waals surface area contributed by atoms with Crippen LogP contribution in [0.5, 0.6) is 0 Å². The van der Waals surface area contributed by atoms with Crippen LogP contribution in [0.4, 0.5) is 10.1 Å². The topological polar surface area (TPSA) is 83.1 Å². The number of hydrogen-bond acceptors (Lipinski definition) is 7. The third kappa shape index (κ3) is 2.46. The predicted molar refractivity (Wildman–Crippen MR) is 80.6 cm³/mol. The van der Waals surface area contributed by atoms with Crippen molar-refractivity contribution in [2.75, 3.05) is 37.7 Å². The van der Waals surface area contributed by atoms with Crippen molar-refractivity contribution in [2.24, 2.45) is 0 Å². The highest BCUT2D eigenvalue weighted by Gasteiger charge is 2.42. The molecule has 1 atom stereocenters. The molecule has 2 amide bonds. The molecule has 0 spiro atoms. The number of fused-ring (bicyclic) bond motifs is 1. The molecule has 2 fully saturated rings. The number of piperazine rings is 1. The number of benzene rings is 1. The average Bonchev–Trinajstić information content (AvgIpc) is 2.86. The first-order valence-corrected chi connectivity index (χ1v) is 7.86. The second-order valence-corrected chi connectivity index (χ2v) is 5.86. The van der Waals surface area contributed by atoms with E-state index in [1.54, 1.807) is 0 Å². The minimum absolute atomic E-state index is 0.0754. The number of imide groups is 1. The summed E-state index contributed by atoms with van der Waals surface area (Å²) in [5.41, 5.74) is 2.86. The Morgan fingerprint density at radius 1 is 1.12 bits per heavy atom. The van der Waals surface area contributed by atoms with Gasteiger partial charge in [-0.25, -0.2) is 9.29 Å². The molecule has 0 bridgehead atoms. The number of rotatable bonds is 2. The molecule has 0 aromatic heterocycles. The normalized spacial score (nSPS) is 24.5. The molecule has 0 aliphatic carbocycles. The summed E-state index contributed by atoms with van der Waals surface area (Å²) in [6.45, 7) is 3.09. The maximum atomic E-state index is 14.5. The van der Waals surface area contributed by atoms with E-state index in [9.17, 15) is 14.0 Å². The minimum atomic E-state index is -0.767. The van der Waals surface area contributed by atoms with E-state index in [-0.39, 0.29) is 11.1 Å². The largest absolute Gasteiger partial charge is 0.367 e. The zero-order valence-corrected chi connectivity index (χ0v) is 12.9. The summed E-state index contributed by atoms with van der Waals surface area (Å²) in [6.07, 6.45) is -0.414. The van der Waals surface area contributed by atoms with Gasteiger partial charge in [0.25, 0.3) is 11.8 Å². The smallest absolute Gasteiger partial charge is 0.263 e. The quantitative estimate of drug-likeness (QED) is 0.737. The Balaban J connectivity index is 1.67. The highest BCUT2D eigenvalue weighted by atomic mass is 19.1. The van der Waals surface area contributed by atoms with Gasteiger partial charge in [-0.1, -0.05) is 5.64 Å². The molecule has 24 heavy (non-hydrogen) atoms. The SMILES string of the molecule is O=C1c2cc(F)c(N3CCNCC3)cc2C(=O)N1C1CCONO1. The van der Waals surface area contributed by atoms with E-state index < -0.39 is 23.9 Å². The summed E-state index contributed by atoms with van der Waals surface area (Å²) >= 11 is 0. The second kappa shape index (κ2) is 6.10. The lowest BCUT2D eigenvalue weighted by molar-refractivity contribution is -0.259. The first kappa shape index (κ1) is 15.5. The summed E-state index contributed by atoms with van der Waals surface area (Å²) in [4.78, 5) is 38.0. The maximum absolute atomic E-state index is 14.5. The van der Waals surface area contributed by atoms with Gasteiger partial charge in [0.05, 0.1) is 23.4 Å². The fraction of sp³-hybridized carbons (Fsp3) is 0.467. The van der Waals surface area contributed by atoms with Crippen LogP contribution >= 0.6 is 0 Å². The van der Waals surface area contributed by atoms with Crippen LogP contribution in [0.2, 0.25) is 0 Å². The van der Waals surface area contributed by atoms with Gasteiger partial charge in [-0.2, -0.15) is 0 Å². The Kier molecular flexibility index (Phi) is 3.93. The summed E-state index contributed by atoms with van der Waals surface area (Å²) < 4.78 is 14.5. The standard InChI is InChI=1S/C15H17FN4O4/c16-11-7-9-10(8-12(11)19-4-2-17-3-5-19)15(22)20(14(9)21)13-1-6-23-18-24-13/h7-8,13,17-18H,1-6H2. The average molecular weight is 336 g/mol. The molecule has 128 valence electrons. The van der Waals surface area contributed by atoms with Gasteiger partial charge in [0, 0.05) is 32.6 Å². The molecule has 0 saturated carbocycles. The molecule has 3 aliphatic rings. The van der Waals surface area contributed by atoms with Crippen LogP contribution in [0.15, 0.2) is 12.1 Å². The number of hydrogen-bond donors (Lipinski definition) is 2. The van der Waals surface area contributed by atoms with Crippen molar-refractivity contribution in [2.45, 2.75) is 12.6 Å². The van der Waals surface area contributed by atoms with Crippen LogP contribution in [0.25, 0.3) is 0 Å². The summed E-state index contributed by atoms with van der Waals surface area (Å²) in [5, 5.41) is 3.19. The zero-order valence-electron chi connectivity index (χ0n) is 12.9. The van der Waals surface area contributed by atoms with Crippen LogP contribution in [-0.2, 0) is 9.68 Å². The first-order chi connectivity index (χ1) is 11.7. The van der Waals surface area contributed by atoms with E-state index in [1.165, 1.54) is 6.07 Å². The van der Waals surface area contributed by atoms with Crippen LogP contribution in [-0.4, -0.2) is 55.7 Å². The fourth-order valence-electron chi connectivity index (χ4n) is 3.21. The van der Waals surface area contributed by atoms with Crippen molar-refractivity contribution in [1.29, 1.82) is 0 Å². The Bertz CT molecular complexity index is 686. The van der Waals surface area contributed by atoms with Gasteiger partial charge >= 0.3 is 0 Å². The lowest BCUT2D eigenvalue weighted by atomic mass is 10.1. The van der Waals surface area contributed by atoms with Gasteiger partial charge in [0.1, 0.15) is 5.82 Å². The Hall–Kier alpha value is -2.07. The van der Waals surface area contributed by atoms with E-state index >= 15 is 0 Å². The Morgan fingerprint density at radius 2 is 1.83 bits per heavy atom. The number of anilines is 1. The van der Waals surface area contributed by atoms with Gasteiger partial charge < -0.3 is 10.2 Å². The third-order valence-electron chi connectivity index (χ3n) is 4.44. The Labute approximate surface area is 137 Å². The van der Waals surface area contributed by atoms with Crippen LogP contribution < -0.4 is 15.9 Å². The summed E-state index contributed by atoms with van der Waals surface area (Å²) in [5.74, 6) is -1.51. The maximum Gasteiger partial charge on any atom is 0.263 e. The van der Waals surface area contributed by atoms with Gasteiger partial charge in [-0.15, -0.1) is 0 Å². The van der Waals surface area contributed by atoms with Crippen molar-refractivity contribution in [3.8, 4) is 0 Å². The van der Waals surface area contributed by atoms with Crippen molar-refractivity contribution in [3.05, 3.63) is 29.1 Å². The molecule has 2 saturated heterocycles. The highest BCUT2D eigenvalue weighted by Crippen LogP contribution is 2.32. The molecule has 1 aromatic carbocycles. The number of amides is 2. The van der Waals surface area contributed by atoms with Gasteiger partial charge in [-0.3, -0.25) is 19.3 Å². The third-order valence-corrected chi connectivity index (χ3v) is 4.44. The molecule has 0 radical (unpaired) electrons. The number of carbonyl (C=O) groups excluding carboxylic acids is 2. The molecule has 3 heterocycles. The molecule has 8 nitrogen and oxygen atoms in total. The molecule has 1 unspecified atom stereocenters. The monoisotopic (exact) mass is 336 g/mol. The van der Waals surface area contributed by atoms with Crippen molar-refractivity contribution in [3.63, 3.8) is 0 Å². The number of nitrogens with zero attached hydrogens (tertiary/aromatic N) is 2. The van der Waals surface area contributed by atoms with Crippen LogP contribution in [0.1, 0.15) is 27.1 Å². The van der Waals surface area contributed by atoms with E-state index in [0.29, 0.717) is 31.8 Å². The molecule has 1 aromatic rings. The molecule has 3 aliphatic heterocycles. The predicted octanol–water partition coefficient (Wildman–Crippen LogP) is 0.0139. The van der Waals surface area contributed by atoms with E-state index in [2.05, 4.69) is 11.0 Å². The molecular formula is C15H17FN4O4. The van der Waals surface area contributed by atoms with Crippen molar-refractivity contribution in [1.82, 2.24) is 15.9 Å². The molecule has 4 rings (SSSR count). The molecule has 9 heteroatoms. The minimum Gasteiger partial charge on any atom is -0.367 e. The summed E-state index contributed by atoms with van der Waals surface area (Å²) in [7, 11) is 0. The second-order valence-electron chi connectivity index (χ2n) is 5.86. The van der Waals surface area contributed by atoms with E-state index in [0.717, 1.165) is 24.1 Å². The lowest BCUT2D eigenvalue weighted by Crippen LogP contribution is -2.47. The zero-order chi connectivity index (χ0) is 16.7. The van der Waals surface area contributed by atoms with Gasteiger partial charge in [0.15, 0.2) is 6.23 Å². The lowest BCUT2D eigenvalue weighted by Gasteiger charge is -2.30. The highest BCUT2D eigenvalue weighted by molar-refractivity contribution is 6.21. The molecular weight excluding hydrogens is 319 g/mol. The fourth-order valence-corrected chi connectivity index (χ4v) is 3.21. The summed E-state index contributed by atoms with van der Waals surface area (Å²) in [6, 6.07) is 2.63. The first-order valence-electron chi connectivity index (χ1n) is 7.86. The number of carbonyl (C=O) groups is 2. The number of nitrogens with one attached hydrogen (secondary N) is 2. The Morgan fingerprint density at radius 3 is 2.50 bits per heavy atom. The van der Waals surface area contributed by atoms with E-state index in [1.807, 2.05) is 4.90 Å².